The van der Waals surface area contributed by atoms with Crippen molar-refractivity contribution in [3.63, 3.8) is 0 Å². The van der Waals surface area contributed by atoms with Gasteiger partial charge in [-0.25, -0.2) is 8.78 Å². The zero-order valence-corrected chi connectivity index (χ0v) is 21.2. The average molecular weight is 561 g/mol. The van der Waals surface area contributed by atoms with E-state index >= 15 is 0 Å². The van der Waals surface area contributed by atoms with Gasteiger partial charge in [0, 0.05) is 35.4 Å². The molecular weight excluding hydrogens is 534 g/mol. The second-order valence-corrected chi connectivity index (χ2v) is 10.1. The molecule has 3 N–H and O–H groups in total. The summed E-state index contributed by atoms with van der Waals surface area (Å²) in [5.74, 6) is -1.07. The number of ether oxygens (including phenoxy) is 2. The van der Waals surface area contributed by atoms with Crippen molar-refractivity contribution in [3.8, 4) is 11.5 Å². The summed E-state index contributed by atoms with van der Waals surface area (Å²) < 4.78 is 39.4. The standard InChI is InChI=1S/C27H27BrF2N2O4/c1-35-21-12-32-13-22-25(21)26(34)20(11-31-14-23(29)30)19(15-33)24(16-5-3-2-4-6-16)27(26,36-22)17-7-9-18(28)10-8-17/h2-10,12-13,19-20,23-24,31,33-34H,11,14-15H2,1H3/t19-,20-,24+,26+,27-/m0/s1. The molecule has 0 radical (unpaired) electrons. The van der Waals surface area contributed by atoms with Crippen molar-refractivity contribution in [2.45, 2.75) is 23.5 Å². The van der Waals surface area contributed by atoms with Crippen LogP contribution in [0, 0.1) is 11.8 Å². The molecule has 5 rings (SSSR count). The lowest BCUT2D eigenvalue weighted by Crippen LogP contribution is -2.52. The normalized spacial score (nSPS) is 28.6. The van der Waals surface area contributed by atoms with Crippen molar-refractivity contribution in [3.05, 3.63) is 88.2 Å². The first-order valence-electron chi connectivity index (χ1n) is 11.7. The van der Waals surface area contributed by atoms with Crippen molar-refractivity contribution >= 4 is 15.9 Å². The molecule has 0 bridgehead atoms. The van der Waals surface area contributed by atoms with Gasteiger partial charge in [-0.15, -0.1) is 0 Å². The first-order valence-corrected chi connectivity index (χ1v) is 12.5. The number of aliphatic hydroxyl groups is 2. The van der Waals surface area contributed by atoms with Crippen LogP contribution in [0.1, 0.15) is 22.6 Å². The highest BCUT2D eigenvalue weighted by Gasteiger charge is 2.76. The Balaban J connectivity index is 1.81. The van der Waals surface area contributed by atoms with E-state index in [2.05, 4.69) is 26.2 Å². The van der Waals surface area contributed by atoms with Gasteiger partial charge in [0.1, 0.15) is 17.1 Å². The number of aromatic nitrogens is 1. The van der Waals surface area contributed by atoms with Gasteiger partial charge in [-0.05, 0) is 23.3 Å². The van der Waals surface area contributed by atoms with Gasteiger partial charge in [-0.1, -0.05) is 58.4 Å². The molecule has 1 saturated carbocycles. The molecule has 9 heteroatoms. The SMILES string of the molecule is COc1cncc2c1[C@]1(O)[C@@H](CNCC(F)F)[C@H](CO)[C@@H](c3ccccc3)[C@]1(c1ccc(Br)cc1)O2. The summed E-state index contributed by atoms with van der Waals surface area (Å²) in [6.45, 7) is -0.789. The molecular formula is C27H27BrF2N2O4. The van der Waals surface area contributed by atoms with Crippen LogP contribution < -0.4 is 14.8 Å². The van der Waals surface area contributed by atoms with Crippen LogP contribution in [0.5, 0.6) is 11.5 Å². The van der Waals surface area contributed by atoms with Crippen molar-refractivity contribution in [2.24, 2.45) is 11.8 Å². The van der Waals surface area contributed by atoms with Crippen LogP contribution in [0.15, 0.2) is 71.5 Å². The number of rotatable bonds is 8. The molecule has 5 atom stereocenters. The minimum atomic E-state index is -2.55. The summed E-state index contributed by atoms with van der Waals surface area (Å²) in [5.41, 5.74) is -1.18. The van der Waals surface area contributed by atoms with Crippen LogP contribution in [0.3, 0.4) is 0 Å². The Kier molecular flexibility index (Phi) is 6.76. The number of benzene rings is 2. The molecule has 0 unspecified atom stereocenters. The second kappa shape index (κ2) is 9.70. The summed E-state index contributed by atoms with van der Waals surface area (Å²) in [6, 6.07) is 17.0. The highest BCUT2D eigenvalue weighted by Crippen LogP contribution is 2.71. The van der Waals surface area contributed by atoms with Crippen molar-refractivity contribution in [2.75, 3.05) is 26.8 Å². The average Bonchev–Trinajstić information content (AvgIpc) is 3.27. The molecule has 2 aliphatic rings. The van der Waals surface area contributed by atoms with Crippen molar-refractivity contribution in [1.82, 2.24) is 10.3 Å². The highest BCUT2D eigenvalue weighted by molar-refractivity contribution is 9.10. The van der Waals surface area contributed by atoms with Crippen LogP contribution in [-0.4, -0.2) is 48.4 Å². The summed E-state index contributed by atoms with van der Waals surface area (Å²) in [6.07, 6.45) is 0.486. The molecule has 6 nitrogen and oxygen atoms in total. The Labute approximate surface area is 216 Å². The first kappa shape index (κ1) is 25.1. The van der Waals surface area contributed by atoms with E-state index in [1.165, 1.54) is 19.5 Å². The molecule has 1 aliphatic heterocycles. The maximum absolute atomic E-state index is 13.1. The van der Waals surface area contributed by atoms with E-state index in [1.54, 1.807) is 0 Å². The zero-order valence-electron chi connectivity index (χ0n) is 19.6. The van der Waals surface area contributed by atoms with E-state index in [1.807, 2.05) is 54.6 Å². The molecule has 2 heterocycles. The Morgan fingerprint density at radius 1 is 1.14 bits per heavy atom. The summed E-state index contributed by atoms with van der Waals surface area (Å²) in [5, 5.41) is 26.5. The molecule has 1 fully saturated rings. The molecule has 0 spiro atoms. The molecule has 0 saturated heterocycles. The Hall–Kier alpha value is -2.59. The molecule has 1 aliphatic carbocycles. The summed E-state index contributed by atoms with van der Waals surface area (Å²) in [4.78, 5) is 4.24. The lowest BCUT2D eigenvalue weighted by atomic mass is 9.70. The number of nitrogens with one attached hydrogen (secondary N) is 1. The molecule has 2 aromatic carbocycles. The molecule has 1 aromatic heterocycles. The molecule has 0 amide bonds. The van der Waals surface area contributed by atoms with Crippen LogP contribution in [0.2, 0.25) is 0 Å². The van der Waals surface area contributed by atoms with E-state index < -0.39 is 41.9 Å². The fraction of sp³-hybridized carbons (Fsp3) is 0.370. The quantitative estimate of drug-likeness (QED) is 0.383. The molecule has 3 aromatic rings. The van der Waals surface area contributed by atoms with E-state index in [9.17, 15) is 19.0 Å². The van der Waals surface area contributed by atoms with Crippen LogP contribution in [-0.2, 0) is 11.2 Å². The van der Waals surface area contributed by atoms with Crippen molar-refractivity contribution in [1.29, 1.82) is 0 Å². The maximum atomic E-state index is 13.1. The van der Waals surface area contributed by atoms with Gasteiger partial charge in [-0.2, -0.15) is 0 Å². The largest absolute Gasteiger partial charge is 0.495 e. The Bertz CT molecular complexity index is 1220. The lowest BCUT2D eigenvalue weighted by molar-refractivity contribution is -0.128. The third kappa shape index (κ3) is 3.63. The van der Waals surface area contributed by atoms with Gasteiger partial charge < -0.3 is 25.0 Å². The number of hydrogen-bond acceptors (Lipinski definition) is 6. The molecule has 36 heavy (non-hydrogen) atoms. The number of aliphatic hydroxyl groups excluding tert-OH is 1. The Morgan fingerprint density at radius 3 is 2.50 bits per heavy atom. The van der Waals surface area contributed by atoms with Gasteiger partial charge in [0.05, 0.1) is 31.6 Å². The second-order valence-electron chi connectivity index (χ2n) is 9.22. The number of pyridine rings is 1. The predicted molar refractivity (Wildman–Crippen MR) is 133 cm³/mol. The highest BCUT2D eigenvalue weighted by atomic mass is 79.9. The predicted octanol–water partition coefficient (Wildman–Crippen LogP) is 4.21. The lowest BCUT2D eigenvalue weighted by Gasteiger charge is -2.42. The van der Waals surface area contributed by atoms with E-state index in [0.29, 0.717) is 22.6 Å². The number of nitrogens with zero attached hydrogens (tertiary/aromatic N) is 1. The maximum Gasteiger partial charge on any atom is 0.250 e. The molecule has 190 valence electrons. The third-order valence-electron chi connectivity index (χ3n) is 7.54. The number of halogens is 3. The fourth-order valence-corrected chi connectivity index (χ4v) is 6.52. The van der Waals surface area contributed by atoms with Gasteiger partial charge in [0.25, 0.3) is 6.43 Å². The van der Waals surface area contributed by atoms with Crippen LogP contribution >= 0.6 is 15.9 Å². The van der Waals surface area contributed by atoms with Gasteiger partial charge >= 0.3 is 0 Å². The number of hydrogen-bond donors (Lipinski definition) is 3. The van der Waals surface area contributed by atoms with Gasteiger partial charge in [0.15, 0.2) is 5.60 Å². The minimum Gasteiger partial charge on any atom is -0.495 e. The zero-order chi connectivity index (χ0) is 25.5. The topological polar surface area (TPSA) is 83.8 Å². The summed E-state index contributed by atoms with van der Waals surface area (Å²) in [7, 11) is 1.48. The van der Waals surface area contributed by atoms with Crippen LogP contribution in [0.4, 0.5) is 8.78 Å². The van der Waals surface area contributed by atoms with Gasteiger partial charge in [-0.3, -0.25) is 4.98 Å². The minimum absolute atomic E-state index is 0.0297. The number of alkyl halides is 2. The van der Waals surface area contributed by atoms with Crippen molar-refractivity contribution < 1.29 is 28.5 Å². The van der Waals surface area contributed by atoms with E-state index in [0.717, 1.165) is 10.0 Å². The fourth-order valence-electron chi connectivity index (χ4n) is 6.25. The van der Waals surface area contributed by atoms with E-state index in [-0.39, 0.29) is 13.2 Å². The van der Waals surface area contributed by atoms with Gasteiger partial charge in [0.2, 0.25) is 0 Å². The first-order chi connectivity index (χ1) is 17.4. The third-order valence-corrected chi connectivity index (χ3v) is 8.07. The number of methoxy groups -OCH3 is 1. The van der Waals surface area contributed by atoms with Crippen LogP contribution in [0.25, 0.3) is 0 Å². The monoisotopic (exact) mass is 560 g/mol. The van der Waals surface area contributed by atoms with E-state index in [4.69, 9.17) is 9.47 Å². The smallest absolute Gasteiger partial charge is 0.250 e. The number of fused-ring (bicyclic) bond motifs is 3. The Morgan fingerprint density at radius 2 is 1.86 bits per heavy atom. The summed E-state index contributed by atoms with van der Waals surface area (Å²) >= 11 is 3.48.